The molecule has 0 saturated carbocycles. The summed E-state index contributed by atoms with van der Waals surface area (Å²) in [5.74, 6) is 0.401. The second-order valence-electron chi connectivity index (χ2n) is 4.48. The van der Waals surface area contributed by atoms with Crippen LogP contribution in [0.15, 0.2) is 40.5 Å². The number of aromatic nitrogens is 1. The monoisotopic (exact) mass is 325 g/mol. The third kappa shape index (κ3) is 3.85. The van der Waals surface area contributed by atoms with Gasteiger partial charge in [-0.2, -0.15) is 0 Å². The summed E-state index contributed by atoms with van der Waals surface area (Å²) in [6, 6.07) is 7.45. The van der Waals surface area contributed by atoms with E-state index in [4.69, 9.17) is 10.9 Å². The number of hydrogen-bond donors (Lipinski definition) is 2. The average molecular weight is 325 g/mol. The zero-order chi connectivity index (χ0) is 15.5. The van der Waals surface area contributed by atoms with E-state index in [-0.39, 0.29) is 11.6 Å². The number of hydrogen-bond acceptors (Lipinski definition) is 6. The Morgan fingerprint density at radius 2 is 2.14 bits per heavy atom. The fourth-order valence-corrected chi connectivity index (χ4v) is 4.19. The molecule has 1 heterocycles. The highest BCUT2D eigenvalue weighted by molar-refractivity contribution is 8.00. The number of para-hydroxylation sites is 1. The Balaban J connectivity index is 2.46. The lowest BCUT2D eigenvalue weighted by Gasteiger charge is -2.10. The summed E-state index contributed by atoms with van der Waals surface area (Å²) in [6.07, 6.45) is 2.73. The zero-order valence-electron chi connectivity index (χ0n) is 11.4. The summed E-state index contributed by atoms with van der Waals surface area (Å²) in [5.41, 5.74) is 6.94. The molecule has 0 aliphatic rings. The molecule has 0 aliphatic carbocycles. The Hall–Kier alpha value is -1.80. The molecule has 0 bridgehead atoms. The van der Waals surface area contributed by atoms with Gasteiger partial charge in [0.25, 0.3) is 0 Å². The average Bonchev–Trinajstić information content (AvgIpc) is 2.45. The van der Waals surface area contributed by atoms with E-state index in [0.717, 1.165) is 15.8 Å². The Labute approximate surface area is 127 Å². The van der Waals surface area contributed by atoms with Crippen molar-refractivity contribution in [2.75, 3.05) is 17.8 Å². The molecular weight excluding hydrogens is 310 g/mol. The smallest absolute Gasteiger partial charge is 0.172 e. The molecule has 6 nitrogen and oxygen atoms in total. The number of sulfone groups is 1. The van der Waals surface area contributed by atoms with E-state index in [1.807, 2.05) is 24.3 Å². The Kier molecular flexibility index (Phi) is 4.69. The zero-order valence-corrected chi connectivity index (χ0v) is 13.0. The van der Waals surface area contributed by atoms with Gasteiger partial charge in [0.05, 0.1) is 16.8 Å². The topological polar surface area (TPSA) is 106 Å². The van der Waals surface area contributed by atoms with Crippen LogP contribution in [-0.4, -0.2) is 42.2 Å². The maximum atomic E-state index is 11.2. The highest BCUT2D eigenvalue weighted by atomic mass is 32.2. The van der Waals surface area contributed by atoms with Crippen LogP contribution in [0, 0.1) is 0 Å². The number of amidine groups is 1. The summed E-state index contributed by atoms with van der Waals surface area (Å²) in [4.78, 5) is 5.03. The molecule has 0 atom stereocenters. The van der Waals surface area contributed by atoms with Crippen LogP contribution in [0.4, 0.5) is 0 Å². The summed E-state index contributed by atoms with van der Waals surface area (Å²) < 4.78 is 22.5. The van der Waals surface area contributed by atoms with E-state index in [0.29, 0.717) is 11.3 Å². The maximum absolute atomic E-state index is 11.2. The fraction of sp³-hybridized carbons (Fsp3) is 0.231. The van der Waals surface area contributed by atoms with Crippen LogP contribution >= 0.6 is 11.8 Å². The van der Waals surface area contributed by atoms with E-state index < -0.39 is 9.84 Å². The molecular formula is C13H15N3O3S2. The Morgan fingerprint density at radius 1 is 1.43 bits per heavy atom. The van der Waals surface area contributed by atoms with Gasteiger partial charge in [0.2, 0.25) is 0 Å². The quantitative estimate of drug-likeness (QED) is 0.283. The van der Waals surface area contributed by atoms with E-state index in [1.165, 1.54) is 24.2 Å². The molecule has 8 heteroatoms. The van der Waals surface area contributed by atoms with Crippen LogP contribution < -0.4 is 5.73 Å². The molecule has 0 radical (unpaired) electrons. The largest absolute Gasteiger partial charge is 0.409 e. The number of nitrogens with zero attached hydrogens (tertiary/aromatic N) is 2. The SMILES string of the molecule is CS(=O)(=O)CCSc1c(C(N)=NO)cnc2ccccc12. The van der Waals surface area contributed by atoms with E-state index in [9.17, 15) is 8.42 Å². The predicted molar refractivity (Wildman–Crippen MR) is 84.7 cm³/mol. The molecule has 112 valence electrons. The number of rotatable bonds is 5. The van der Waals surface area contributed by atoms with Crippen LogP contribution in [-0.2, 0) is 9.84 Å². The third-order valence-corrected chi connectivity index (χ3v) is 5.15. The van der Waals surface area contributed by atoms with Crippen molar-refractivity contribution in [3.63, 3.8) is 0 Å². The van der Waals surface area contributed by atoms with Gasteiger partial charge in [-0.25, -0.2) is 8.42 Å². The number of nitrogens with two attached hydrogens (primary N) is 1. The molecule has 2 aromatic rings. The van der Waals surface area contributed by atoms with Crippen molar-refractivity contribution in [2.24, 2.45) is 10.9 Å². The van der Waals surface area contributed by atoms with Gasteiger partial charge in [-0.15, -0.1) is 11.8 Å². The first-order valence-corrected chi connectivity index (χ1v) is 9.13. The molecule has 0 aliphatic heterocycles. The molecule has 0 saturated heterocycles. The first-order valence-electron chi connectivity index (χ1n) is 6.08. The van der Waals surface area contributed by atoms with Crippen LogP contribution in [0.25, 0.3) is 10.9 Å². The molecule has 3 N–H and O–H groups in total. The van der Waals surface area contributed by atoms with Crippen LogP contribution in [0.1, 0.15) is 5.56 Å². The van der Waals surface area contributed by atoms with Gasteiger partial charge < -0.3 is 10.9 Å². The Bertz CT molecular complexity index is 788. The highest BCUT2D eigenvalue weighted by Crippen LogP contribution is 2.30. The molecule has 0 spiro atoms. The van der Waals surface area contributed by atoms with Crippen molar-refractivity contribution in [1.82, 2.24) is 4.98 Å². The second-order valence-corrected chi connectivity index (χ2v) is 7.85. The normalized spacial score (nSPS) is 12.7. The molecule has 2 rings (SSSR count). The lowest BCUT2D eigenvalue weighted by Crippen LogP contribution is -2.15. The third-order valence-electron chi connectivity index (χ3n) is 2.81. The van der Waals surface area contributed by atoms with Crippen molar-refractivity contribution in [1.29, 1.82) is 0 Å². The van der Waals surface area contributed by atoms with Crippen LogP contribution in [0.5, 0.6) is 0 Å². The second kappa shape index (κ2) is 6.31. The van der Waals surface area contributed by atoms with E-state index in [1.54, 1.807) is 0 Å². The maximum Gasteiger partial charge on any atom is 0.172 e. The lowest BCUT2D eigenvalue weighted by molar-refractivity contribution is 0.318. The summed E-state index contributed by atoms with van der Waals surface area (Å²) in [7, 11) is -3.03. The number of thioether (sulfide) groups is 1. The van der Waals surface area contributed by atoms with Gasteiger partial charge in [-0.1, -0.05) is 23.4 Å². The first-order chi connectivity index (χ1) is 9.92. The highest BCUT2D eigenvalue weighted by Gasteiger charge is 2.13. The number of pyridine rings is 1. The molecule has 0 amide bonds. The minimum atomic E-state index is -3.03. The van der Waals surface area contributed by atoms with E-state index in [2.05, 4.69) is 10.1 Å². The fourth-order valence-electron chi connectivity index (χ4n) is 1.80. The van der Waals surface area contributed by atoms with Gasteiger partial charge in [0.15, 0.2) is 5.84 Å². The molecule has 0 unspecified atom stereocenters. The number of benzene rings is 1. The Morgan fingerprint density at radius 3 is 2.81 bits per heavy atom. The van der Waals surface area contributed by atoms with Gasteiger partial charge in [-0.05, 0) is 6.07 Å². The predicted octanol–water partition coefficient (Wildman–Crippen LogP) is 1.47. The van der Waals surface area contributed by atoms with Crippen molar-refractivity contribution in [3.8, 4) is 0 Å². The number of oxime groups is 1. The van der Waals surface area contributed by atoms with Crippen LogP contribution in [0.3, 0.4) is 0 Å². The van der Waals surface area contributed by atoms with Gasteiger partial charge in [-0.3, -0.25) is 4.98 Å². The standard InChI is InChI=1S/C13H15N3O3S2/c1-21(18,19)7-6-20-12-9-4-2-3-5-11(9)15-8-10(12)13(14)16-17/h2-5,8,17H,6-7H2,1H3,(H2,14,16). The summed E-state index contributed by atoms with van der Waals surface area (Å²) in [5, 5.41) is 12.7. The van der Waals surface area contributed by atoms with Crippen molar-refractivity contribution in [2.45, 2.75) is 4.90 Å². The first kappa shape index (κ1) is 15.6. The van der Waals surface area contributed by atoms with Crippen molar-refractivity contribution >= 4 is 38.3 Å². The molecule has 21 heavy (non-hydrogen) atoms. The van der Waals surface area contributed by atoms with E-state index >= 15 is 0 Å². The van der Waals surface area contributed by atoms with Gasteiger partial charge >= 0.3 is 0 Å². The molecule has 1 aromatic carbocycles. The van der Waals surface area contributed by atoms with Crippen molar-refractivity contribution < 1.29 is 13.6 Å². The minimum absolute atomic E-state index is 0.0462. The molecule has 1 aromatic heterocycles. The van der Waals surface area contributed by atoms with Gasteiger partial charge in [0.1, 0.15) is 9.84 Å². The molecule has 0 fully saturated rings. The summed E-state index contributed by atoms with van der Waals surface area (Å²) in [6.45, 7) is 0. The number of fused-ring (bicyclic) bond motifs is 1. The van der Waals surface area contributed by atoms with Crippen LogP contribution in [0.2, 0.25) is 0 Å². The lowest BCUT2D eigenvalue weighted by atomic mass is 10.1. The van der Waals surface area contributed by atoms with Gasteiger partial charge in [0, 0.05) is 28.5 Å². The minimum Gasteiger partial charge on any atom is -0.409 e. The van der Waals surface area contributed by atoms with Crippen molar-refractivity contribution in [3.05, 3.63) is 36.0 Å². The summed E-state index contributed by atoms with van der Waals surface area (Å²) >= 11 is 1.36.